The molecule has 3 aromatic carbocycles. The summed E-state index contributed by atoms with van der Waals surface area (Å²) in [5, 5.41) is 0.684. The third-order valence-electron chi connectivity index (χ3n) is 6.47. The summed E-state index contributed by atoms with van der Waals surface area (Å²) in [5.74, 6) is 2.25. The smallest absolute Gasteiger partial charge is 0.343 e. The summed E-state index contributed by atoms with van der Waals surface area (Å²) in [4.78, 5) is 23.9. The Hall–Kier alpha value is -3.86. The number of esters is 1. The van der Waals surface area contributed by atoms with E-state index in [4.69, 9.17) is 13.9 Å². The van der Waals surface area contributed by atoms with E-state index in [0.717, 1.165) is 35.8 Å². The first kappa shape index (κ1) is 26.2. The number of rotatable bonds is 11. The Morgan fingerprint density at radius 2 is 1.46 bits per heavy atom. The fourth-order valence-electron chi connectivity index (χ4n) is 4.22. The topological polar surface area (TPSA) is 65.7 Å². The molecular formula is C32H34O5. The van der Waals surface area contributed by atoms with Gasteiger partial charge in [0.25, 0.3) is 0 Å². The molecule has 5 heteroatoms. The van der Waals surface area contributed by atoms with Crippen molar-refractivity contribution < 1.29 is 18.7 Å². The van der Waals surface area contributed by atoms with Crippen LogP contribution >= 0.6 is 0 Å². The average Bonchev–Trinajstić information content (AvgIpc) is 2.89. The summed E-state index contributed by atoms with van der Waals surface area (Å²) in [6, 6.07) is 23.2. The number of carbonyl (C=O) groups excluding carboxylic acids is 1. The molecule has 0 N–H and O–H groups in total. The van der Waals surface area contributed by atoms with Gasteiger partial charge in [0.05, 0.1) is 12.2 Å². The van der Waals surface area contributed by atoms with Gasteiger partial charge in [-0.05, 0) is 77.9 Å². The highest BCUT2D eigenvalue weighted by molar-refractivity contribution is 5.92. The Morgan fingerprint density at radius 1 is 0.784 bits per heavy atom. The number of hydrogen-bond acceptors (Lipinski definition) is 5. The highest BCUT2D eigenvalue weighted by atomic mass is 16.5. The summed E-state index contributed by atoms with van der Waals surface area (Å²) in [7, 11) is 0. The van der Waals surface area contributed by atoms with Crippen molar-refractivity contribution in [3.05, 3.63) is 94.8 Å². The maximum atomic E-state index is 12.6. The van der Waals surface area contributed by atoms with E-state index in [2.05, 4.69) is 20.8 Å². The highest BCUT2D eigenvalue weighted by Crippen LogP contribution is 2.25. The molecule has 0 radical (unpaired) electrons. The second-order valence-electron chi connectivity index (χ2n) is 10.0. The molecule has 1 atom stereocenters. The third-order valence-corrected chi connectivity index (χ3v) is 6.47. The minimum atomic E-state index is -0.453. The van der Waals surface area contributed by atoms with Crippen molar-refractivity contribution in [3.63, 3.8) is 0 Å². The van der Waals surface area contributed by atoms with Crippen LogP contribution in [0.5, 0.6) is 11.5 Å². The van der Waals surface area contributed by atoms with E-state index in [9.17, 15) is 9.59 Å². The molecule has 0 saturated heterocycles. The molecule has 4 aromatic rings. The molecule has 4 rings (SSSR count). The van der Waals surface area contributed by atoms with Gasteiger partial charge in [-0.2, -0.15) is 0 Å². The quantitative estimate of drug-likeness (QED) is 0.119. The maximum Gasteiger partial charge on any atom is 0.343 e. The monoisotopic (exact) mass is 498 g/mol. The van der Waals surface area contributed by atoms with Gasteiger partial charge in [0, 0.05) is 11.5 Å². The lowest BCUT2D eigenvalue weighted by Crippen LogP contribution is -2.08. The van der Waals surface area contributed by atoms with Crippen molar-refractivity contribution in [2.24, 2.45) is 11.8 Å². The summed E-state index contributed by atoms with van der Waals surface area (Å²) >= 11 is 0. The van der Waals surface area contributed by atoms with Gasteiger partial charge in [0.15, 0.2) is 0 Å². The lowest BCUT2D eigenvalue weighted by atomic mass is 9.98. The third kappa shape index (κ3) is 7.56. The summed E-state index contributed by atoms with van der Waals surface area (Å²) in [6.07, 6.45) is 4.90. The molecule has 0 aliphatic carbocycles. The predicted octanol–water partition coefficient (Wildman–Crippen LogP) is 7.91. The minimum absolute atomic E-state index is 0.385. The molecule has 0 aliphatic rings. The van der Waals surface area contributed by atoms with E-state index < -0.39 is 11.6 Å². The standard InChI is InChI=1S/C32H34O5/c1-22(2)5-4-6-23(3)19-20-35-28-14-11-25(12-15-28)24-7-9-26(10-8-24)32(34)36-29-16-17-30-27(21-29)13-18-31(33)37-30/h7-18,21-23H,4-6,19-20H2,1-3H3/t23-/m1/s1. The number of ether oxygens (including phenoxy) is 2. The van der Waals surface area contributed by atoms with Crippen LogP contribution in [-0.2, 0) is 0 Å². The second-order valence-corrected chi connectivity index (χ2v) is 10.0. The molecule has 0 saturated carbocycles. The Kier molecular flexibility index (Phi) is 8.78. The molecule has 0 unspecified atom stereocenters. The second kappa shape index (κ2) is 12.4. The molecule has 1 heterocycles. The van der Waals surface area contributed by atoms with Crippen LogP contribution in [0.2, 0.25) is 0 Å². The van der Waals surface area contributed by atoms with Crippen molar-refractivity contribution in [2.45, 2.75) is 46.5 Å². The van der Waals surface area contributed by atoms with Gasteiger partial charge in [-0.1, -0.05) is 64.3 Å². The van der Waals surface area contributed by atoms with Crippen molar-refractivity contribution in [2.75, 3.05) is 6.61 Å². The van der Waals surface area contributed by atoms with Gasteiger partial charge in [-0.3, -0.25) is 0 Å². The van der Waals surface area contributed by atoms with Crippen molar-refractivity contribution in [1.29, 1.82) is 0 Å². The highest BCUT2D eigenvalue weighted by Gasteiger charge is 2.11. The van der Waals surface area contributed by atoms with Crippen LogP contribution in [0.25, 0.3) is 22.1 Å². The van der Waals surface area contributed by atoms with E-state index in [1.54, 1.807) is 36.4 Å². The van der Waals surface area contributed by atoms with E-state index in [0.29, 0.717) is 28.2 Å². The molecule has 1 aromatic heterocycles. The van der Waals surface area contributed by atoms with Gasteiger partial charge in [0.1, 0.15) is 17.1 Å². The maximum absolute atomic E-state index is 12.6. The van der Waals surface area contributed by atoms with Crippen molar-refractivity contribution >= 4 is 16.9 Å². The molecular weight excluding hydrogens is 464 g/mol. The fourth-order valence-corrected chi connectivity index (χ4v) is 4.22. The zero-order valence-electron chi connectivity index (χ0n) is 21.7. The summed E-state index contributed by atoms with van der Waals surface area (Å²) in [5.41, 5.74) is 2.52. The zero-order valence-corrected chi connectivity index (χ0v) is 21.7. The number of carbonyl (C=O) groups is 1. The van der Waals surface area contributed by atoms with E-state index in [-0.39, 0.29) is 0 Å². The average molecular weight is 499 g/mol. The molecule has 192 valence electrons. The van der Waals surface area contributed by atoms with Crippen LogP contribution in [0.4, 0.5) is 0 Å². The normalized spacial score (nSPS) is 12.0. The number of fused-ring (bicyclic) bond motifs is 1. The largest absolute Gasteiger partial charge is 0.494 e. The molecule has 0 amide bonds. The van der Waals surface area contributed by atoms with Crippen LogP contribution in [0.1, 0.15) is 56.8 Å². The van der Waals surface area contributed by atoms with E-state index in [1.165, 1.54) is 25.3 Å². The van der Waals surface area contributed by atoms with Crippen molar-refractivity contribution in [1.82, 2.24) is 0 Å². The number of benzene rings is 3. The predicted molar refractivity (Wildman–Crippen MR) is 147 cm³/mol. The Bertz CT molecular complexity index is 1370. The molecule has 0 aliphatic heterocycles. The van der Waals surface area contributed by atoms with Gasteiger partial charge < -0.3 is 13.9 Å². The molecule has 37 heavy (non-hydrogen) atoms. The summed E-state index contributed by atoms with van der Waals surface area (Å²) < 4.78 is 16.6. The van der Waals surface area contributed by atoms with Crippen LogP contribution in [0.15, 0.2) is 88.1 Å². The van der Waals surface area contributed by atoms with Crippen molar-refractivity contribution in [3.8, 4) is 22.6 Å². The van der Waals surface area contributed by atoms with Crippen LogP contribution in [0, 0.1) is 11.8 Å². The first-order chi connectivity index (χ1) is 17.9. The Morgan fingerprint density at radius 3 is 2.16 bits per heavy atom. The first-order valence-electron chi connectivity index (χ1n) is 13.0. The van der Waals surface area contributed by atoms with Gasteiger partial charge >= 0.3 is 11.6 Å². The fraction of sp³-hybridized carbons (Fsp3) is 0.312. The molecule has 5 nitrogen and oxygen atoms in total. The lowest BCUT2D eigenvalue weighted by molar-refractivity contribution is 0.0735. The Balaban J connectivity index is 1.29. The summed E-state index contributed by atoms with van der Waals surface area (Å²) in [6.45, 7) is 7.58. The minimum Gasteiger partial charge on any atom is -0.494 e. The van der Waals surface area contributed by atoms with Crippen LogP contribution in [0.3, 0.4) is 0 Å². The Labute approximate surface area is 218 Å². The van der Waals surface area contributed by atoms with Gasteiger partial charge in [-0.15, -0.1) is 0 Å². The molecule has 0 spiro atoms. The SMILES string of the molecule is CC(C)CCC[C@@H](C)CCOc1ccc(-c2ccc(C(=O)Oc3ccc4oc(=O)ccc4c3)cc2)cc1. The van der Waals surface area contributed by atoms with Crippen LogP contribution in [-0.4, -0.2) is 12.6 Å². The van der Waals surface area contributed by atoms with Gasteiger partial charge in [-0.25, -0.2) is 9.59 Å². The molecule has 0 bridgehead atoms. The van der Waals surface area contributed by atoms with Crippen LogP contribution < -0.4 is 15.1 Å². The zero-order chi connectivity index (χ0) is 26.2. The molecule has 0 fully saturated rings. The van der Waals surface area contributed by atoms with Gasteiger partial charge in [0.2, 0.25) is 0 Å². The lowest BCUT2D eigenvalue weighted by Gasteiger charge is -2.13. The first-order valence-corrected chi connectivity index (χ1v) is 13.0. The van der Waals surface area contributed by atoms with E-state index in [1.807, 2.05) is 36.4 Å². The van der Waals surface area contributed by atoms with E-state index >= 15 is 0 Å². The number of hydrogen-bond donors (Lipinski definition) is 0.